The van der Waals surface area contributed by atoms with Crippen LogP contribution in [0.1, 0.15) is 31.1 Å². The number of hydrogen-bond donors (Lipinski definition) is 1. The first-order valence-corrected chi connectivity index (χ1v) is 7.32. The third-order valence-corrected chi connectivity index (χ3v) is 3.94. The van der Waals surface area contributed by atoms with Gasteiger partial charge in [-0.1, -0.05) is 26.0 Å². The second-order valence-corrected chi connectivity index (χ2v) is 5.92. The number of carbonyl (C=O) groups excluding carboxylic acids is 1. The number of rotatable bonds is 3. The van der Waals surface area contributed by atoms with Gasteiger partial charge in [0, 0.05) is 6.54 Å². The number of morpholine rings is 1. The number of ether oxygens (including phenoxy) is 1. The molecule has 0 spiro atoms. The predicted octanol–water partition coefficient (Wildman–Crippen LogP) is 2.44. The zero-order valence-electron chi connectivity index (χ0n) is 13.2. The zero-order chi connectivity index (χ0) is 15.6. The highest BCUT2D eigenvalue weighted by Gasteiger charge is 2.29. The van der Waals surface area contributed by atoms with Crippen LogP contribution in [-0.4, -0.2) is 36.5 Å². The summed E-state index contributed by atoms with van der Waals surface area (Å²) in [6.07, 6.45) is -0.221. The lowest BCUT2D eigenvalue weighted by Crippen LogP contribution is -2.51. The zero-order valence-corrected chi connectivity index (χ0v) is 14.0. The van der Waals surface area contributed by atoms with Crippen molar-refractivity contribution in [1.82, 2.24) is 4.90 Å². The molecule has 1 aromatic rings. The lowest BCUT2D eigenvalue weighted by atomic mass is 10.0. The Labute approximate surface area is 137 Å². The first-order valence-electron chi connectivity index (χ1n) is 7.32. The molecule has 1 fully saturated rings. The van der Waals surface area contributed by atoms with Gasteiger partial charge in [-0.2, -0.15) is 0 Å². The Hall–Kier alpha value is -1.17. The van der Waals surface area contributed by atoms with Gasteiger partial charge in [0.15, 0.2) is 0 Å². The van der Waals surface area contributed by atoms with Crippen molar-refractivity contribution in [3.63, 3.8) is 0 Å². The lowest BCUT2D eigenvalue weighted by molar-refractivity contribution is -0.141. The van der Waals surface area contributed by atoms with E-state index >= 15 is 0 Å². The van der Waals surface area contributed by atoms with Crippen LogP contribution in [0.25, 0.3) is 0 Å². The first-order chi connectivity index (χ1) is 9.90. The number of benzene rings is 1. The van der Waals surface area contributed by atoms with E-state index in [4.69, 9.17) is 10.5 Å². The normalized spacial score (nSPS) is 19.7. The molecule has 0 aliphatic carbocycles. The van der Waals surface area contributed by atoms with Gasteiger partial charge in [-0.3, -0.25) is 4.79 Å². The van der Waals surface area contributed by atoms with Crippen molar-refractivity contribution >= 4 is 18.3 Å². The number of amides is 1. The van der Waals surface area contributed by atoms with E-state index < -0.39 is 6.04 Å². The highest BCUT2D eigenvalue weighted by atomic mass is 35.5. The molecule has 22 heavy (non-hydrogen) atoms. The van der Waals surface area contributed by atoms with Gasteiger partial charge in [0.2, 0.25) is 5.91 Å². The standard InChI is InChI=1S/C16H23FN2O2.ClH/c1-10(2)15(18)16(20)19-6-7-21-14(9-19)12-4-5-13(17)11(3)8-12;/h4-5,8,10,14-15H,6-7,9,18H2,1-3H3;1H/t14?,15-;/m0./s1. The molecule has 2 N–H and O–H groups in total. The summed E-state index contributed by atoms with van der Waals surface area (Å²) in [5, 5.41) is 0. The van der Waals surface area contributed by atoms with E-state index in [-0.39, 0.29) is 36.2 Å². The summed E-state index contributed by atoms with van der Waals surface area (Å²) in [5.74, 6) is -0.173. The molecule has 0 saturated carbocycles. The van der Waals surface area contributed by atoms with E-state index in [1.165, 1.54) is 6.07 Å². The maximum absolute atomic E-state index is 13.3. The van der Waals surface area contributed by atoms with Crippen LogP contribution in [-0.2, 0) is 9.53 Å². The summed E-state index contributed by atoms with van der Waals surface area (Å²) >= 11 is 0. The van der Waals surface area contributed by atoms with Crippen molar-refractivity contribution in [3.8, 4) is 0 Å². The van der Waals surface area contributed by atoms with Crippen LogP contribution in [0.3, 0.4) is 0 Å². The van der Waals surface area contributed by atoms with Gasteiger partial charge in [-0.25, -0.2) is 4.39 Å². The van der Waals surface area contributed by atoms with Gasteiger partial charge in [-0.05, 0) is 30.0 Å². The van der Waals surface area contributed by atoms with Crippen molar-refractivity contribution < 1.29 is 13.9 Å². The fraction of sp³-hybridized carbons (Fsp3) is 0.562. The molecule has 0 radical (unpaired) electrons. The molecule has 1 aliphatic heterocycles. The SMILES string of the molecule is Cc1cc(C2CN(C(=O)[C@@H](N)C(C)C)CCO2)ccc1F.Cl. The van der Waals surface area contributed by atoms with Crippen LogP contribution < -0.4 is 5.73 Å². The number of hydrogen-bond acceptors (Lipinski definition) is 3. The van der Waals surface area contributed by atoms with Gasteiger partial charge in [0.1, 0.15) is 11.9 Å². The maximum atomic E-state index is 13.3. The van der Waals surface area contributed by atoms with Gasteiger partial charge in [0.05, 0.1) is 19.2 Å². The largest absolute Gasteiger partial charge is 0.370 e. The van der Waals surface area contributed by atoms with Crippen LogP contribution in [0, 0.1) is 18.7 Å². The number of aryl methyl sites for hydroxylation is 1. The summed E-state index contributed by atoms with van der Waals surface area (Å²) in [4.78, 5) is 14.1. The Morgan fingerprint density at radius 1 is 1.45 bits per heavy atom. The summed E-state index contributed by atoms with van der Waals surface area (Å²) in [6, 6.07) is 4.44. The molecule has 0 bridgehead atoms. The van der Waals surface area contributed by atoms with Crippen LogP contribution in [0.5, 0.6) is 0 Å². The quantitative estimate of drug-likeness (QED) is 0.926. The number of carbonyl (C=O) groups is 1. The fourth-order valence-electron chi connectivity index (χ4n) is 2.42. The summed E-state index contributed by atoms with van der Waals surface area (Å²) in [7, 11) is 0. The van der Waals surface area contributed by atoms with Crippen molar-refractivity contribution in [3.05, 3.63) is 35.1 Å². The Bertz CT molecular complexity index is 525. The molecule has 2 atom stereocenters. The molecule has 4 nitrogen and oxygen atoms in total. The third kappa shape index (κ3) is 4.18. The van der Waals surface area contributed by atoms with Gasteiger partial charge >= 0.3 is 0 Å². The van der Waals surface area contributed by atoms with Gasteiger partial charge < -0.3 is 15.4 Å². The highest BCUT2D eigenvalue weighted by Crippen LogP contribution is 2.24. The molecule has 1 amide bonds. The fourth-order valence-corrected chi connectivity index (χ4v) is 2.42. The molecule has 1 heterocycles. The average molecular weight is 331 g/mol. The molecule has 1 unspecified atom stereocenters. The van der Waals surface area contributed by atoms with Crippen molar-refractivity contribution in [2.75, 3.05) is 19.7 Å². The highest BCUT2D eigenvalue weighted by molar-refractivity contribution is 5.85. The molecule has 6 heteroatoms. The molecule has 2 rings (SSSR count). The van der Waals surface area contributed by atoms with E-state index in [1.807, 2.05) is 13.8 Å². The topological polar surface area (TPSA) is 55.6 Å². The smallest absolute Gasteiger partial charge is 0.239 e. The number of nitrogens with zero attached hydrogens (tertiary/aromatic N) is 1. The van der Waals surface area contributed by atoms with E-state index in [0.29, 0.717) is 25.3 Å². The second-order valence-electron chi connectivity index (χ2n) is 5.92. The van der Waals surface area contributed by atoms with Gasteiger partial charge in [-0.15, -0.1) is 12.4 Å². The van der Waals surface area contributed by atoms with Crippen molar-refractivity contribution in [1.29, 1.82) is 0 Å². The Morgan fingerprint density at radius 3 is 2.73 bits per heavy atom. The minimum absolute atomic E-state index is 0. The van der Waals surface area contributed by atoms with Crippen LogP contribution >= 0.6 is 12.4 Å². The lowest BCUT2D eigenvalue weighted by Gasteiger charge is -2.35. The third-order valence-electron chi connectivity index (χ3n) is 3.94. The molecule has 1 aromatic carbocycles. The molecular formula is C16H24ClFN2O2. The van der Waals surface area contributed by atoms with Crippen LogP contribution in [0.2, 0.25) is 0 Å². The van der Waals surface area contributed by atoms with Crippen LogP contribution in [0.4, 0.5) is 4.39 Å². The summed E-state index contributed by atoms with van der Waals surface area (Å²) < 4.78 is 19.1. The predicted molar refractivity (Wildman–Crippen MR) is 86.5 cm³/mol. The number of halogens is 2. The minimum Gasteiger partial charge on any atom is -0.370 e. The summed E-state index contributed by atoms with van der Waals surface area (Å²) in [5.41, 5.74) is 7.41. The Balaban J connectivity index is 0.00000242. The molecule has 0 aromatic heterocycles. The molecule has 124 valence electrons. The van der Waals surface area contributed by atoms with E-state index in [2.05, 4.69) is 0 Å². The monoisotopic (exact) mass is 330 g/mol. The molecular weight excluding hydrogens is 307 g/mol. The molecule has 1 aliphatic rings. The van der Waals surface area contributed by atoms with Crippen molar-refractivity contribution in [2.24, 2.45) is 11.7 Å². The van der Waals surface area contributed by atoms with E-state index in [9.17, 15) is 9.18 Å². The Kier molecular flexibility index (Phi) is 6.78. The van der Waals surface area contributed by atoms with Crippen LogP contribution in [0.15, 0.2) is 18.2 Å². The second kappa shape index (κ2) is 7.90. The average Bonchev–Trinajstić information content (AvgIpc) is 2.48. The maximum Gasteiger partial charge on any atom is 0.239 e. The van der Waals surface area contributed by atoms with Crippen molar-refractivity contribution in [2.45, 2.75) is 32.9 Å². The van der Waals surface area contributed by atoms with Gasteiger partial charge in [0.25, 0.3) is 0 Å². The summed E-state index contributed by atoms with van der Waals surface area (Å²) in [6.45, 7) is 7.07. The first kappa shape index (κ1) is 18.9. The molecule has 1 saturated heterocycles. The number of nitrogens with two attached hydrogens (primary N) is 1. The van der Waals surface area contributed by atoms with E-state index in [1.54, 1.807) is 24.0 Å². The van der Waals surface area contributed by atoms with E-state index in [0.717, 1.165) is 5.56 Å². The minimum atomic E-state index is -0.487. The Morgan fingerprint density at radius 2 is 2.14 bits per heavy atom.